The van der Waals surface area contributed by atoms with E-state index < -0.39 is 10.0 Å². The van der Waals surface area contributed by atoms with E-state index in [4.69, 9.17) is 0 Å². The number of aromatic nitrogens is 1. The predicted molar refractivity (Wildman–Crippen MR) is 112 cm³/mol. The van der Waals surface area contributed by atoms with Crippen LogP contribution in [0.5, 0.6) is 0 Å². The molecule has 2 rings (SSSR count). The van der Waals surface area contributed by atoms with Gasteiger partial charge in [-0.2, -0.15) is 11.8 Å². The van der Waals surface area contributed by atoms with Crippen molar-refractivity contribution in [3.05, 3.63) is 11.1 Å². The highest BCUT2D eigenvalue weighted by Gasteiger charge is 2.23. The van der Waals surface area contributed by atoms with E-state index in [1.165, 1.54) is 0 Å². The molecule has 1 aromatic heterocycles. The van der Waals surface area contributed by atoms with Crippen molar-refractivity contribution < 1.29 is 8.42 Å². The fourth-order valence-corrected chi connectivity index (χ4v) is 5.57. The Morgan fingerprint density at radius 2 is 2.08 bits per heavy atom. The first kappa shape index (κ1) is 21.3. The number of anilines is 1. The molecule has 0 bridgehead atoms. The van der Waals surface area contributed by atoms with Crippen LogP contribution < -0.4 is 15.5 Å². The second-order valence-corrected chi connectivity index (χ2v) is 10.1. The summed E-state index contributed by atoms with van der Waals surface area (Å²) in [6, 6.07) is 0. The van der Waals surface area contributed by atoms with Gasteiger partial charge in [0.15, 0.2) is 11.1 Å². The highest BCUT2D eigenvalue weighted by molar-refractivity contribution is 7.99. The second-order valence-electron chi connectivity index (χ2n) is 5.97. The molecule has 1 aliphatic rings. The molecule has 8 nitrogen and oxygen atoms in total. The lowest BCUT2D eigenvalue weighted by atomic mass is 10.5. The van der Waals surface area contributed by atoms with Crippen molar-refractivity contribution in [2.75, 3.05) is 62.4 Å². The summed E-state index contributed by atoms with van der Waals surface area (Å²) in [5.41, 5.74) is 0.898. The van der Waals surface area contributed by atoms with Gasteiger partial charge in [-0.05, 0) is 6.92 Å². The van der Waals surface area contributed by atoms with Crippen LogP contribution in [0.4, 0.5) is 5.13 Å². The van der Waals surface area contributed by atoms with Gasteiger partial charge in [-0.25, -0.2) is 22.7 Å². The van der Waals surface area contributed by atoms with Crippen LogP contribution in [0.3, 0.4) is 0 Å². The molecule has 1 saturated heterocycles. The van der Waals surface area contributed by atoms with Gasteiger partial charge in [-0.15, -0.1) is 11.3 Å². The molecule has 1 fully saturated rings. The number of thiazole rings is 1. The summed E-state index contributed by atoms with van der Waals surface area (Å²) in [5, 5.41) is 9.18. The highest BCUT2D eigenvalue weighted by atomic mass is 32.2. The van der Waals surface area contributed by atoms with E-state index in [2.05, 4.69) is 20.6 Å². The van der Waals surface area contributed by atoms with Gasteiger partial charge in [0, 0.05) is 57.2 Å². The van der Waals surface area contributed by atoms with Crippen LogP contribution in [-0.2, 0) is 16.6 Å². The maximum Gasteiger partial charge on any atom is 0.215 e. The van der Waals surface area contributed by atoms with Gasteiger partial charge < -0.3 is 15.5 Å². The Hall–Kier alpha value is -1.04. The Balaban J connectivity index is 1.86. The van der Waals surface area contributed by atoms with Crippen LogP contribution in [0, 0.1) is 0 Å². The molecule has 0 atom stereocenters. The molecule has 0 saturated carbocycles. The molecule has 0 radical (unpaired) electrons. The fourth-order valence-electron chi connectivity index (χ4n) is 2.33. The molecule has 2 N–H and O–H groups in total. The third-order valence-electron chi connectivity index (χ3n) is 3.68. The minimum atomic E-state index is -3.21. The molecule has 0 unspecified atom stereocenters. The zero-order chi connectivity index (χ0) is 19.0. The van der Waals surface area contributed by atoms with Gasteiger partial charge in [-0.1, -0.05) is 0 Å². The summed E-state index contributed by atoms with van der Waals surface area (Å²) in [5.74, 6) is 2.43. The first-order valence-electron chi connectivity index (χ1n) is 8.62. The number of hydrogen-bond donors (Lipinski definition) is 2. The summed E-state index contributed by atoms with van der Waals surface area (Å²) in [6.45, 7) is 4.69. The molecule has 26 heavy (non-hydrogen) atoms. The Bertz CT molecular complexity index is 683. The largest absolute Gasteiger partial charge is 0.357 e. The third-order valence-corrected chi connectivity index (χ3v) is 7.55. The van der Waals surface area contributed by atoms with Gasteiger partial charge in [0.2, 0.25) is 10.0 Å². The summed E-state index contributed by atoms with van der Waals surface area (Å²) in [7, 11) is 0.706. The number of nitrogens with one attached hydrogen (secondary N) is 2. The Morgan fingerprint density at radius 1 is 1.35 bits per heavy atom. The molecule has 1 aliphatic heterocycles. The standard InChI is InChI=1S/C15H28N6O2S3/c1-4-16-14(18-11-13-12-25-15(19-13)20(2)3)17-5-10-26(22,23)21-6-8-24-9-7-21/h12H,4-11H2,1-3H3,(H2,16,17,18). The lowest BCUT2D eigenvalue weighted by Crippen LogP contribution is -2.44. The van der Waals surface area contributed by atoms with Crippen molar-refractivity contribution in [3.8, 4) is 0 Å². The number of rotatable bonds is 8. The smallest absolute Gasteiger partial charge is 0.215 e. The number of hydrogen-bond acceptors (Lipinski definition) is 7. The average Bonchev–Trinajstić information content (AvgIpc) is 3.10. The lowest BCUT2D eigenvalue weighted by molar-refractivity contribution is 0.443. The van der Waals surface area contributed by atoms with Crippen LogP contribution in [0.25, 0.3) is 0 Å². The Morgan fingerprint density at radius 3 is 2.69 bits per heavy atom. The average molecular weight is 421 g/mol. The van der Waals surface area contributed by atoms with Gasteiger partial charge in [-0.3, -0.25) is 0 Å². The van der Waals surface area contributed by atoms with Gasteiger partial charge >= 0.3 is 0 Å². The van der Waals surface area contributed by atoms with E-state index in [1.54, 1.807) is 27.4 Å². The normalized spacial score (nSPS) is 16.5. The minimum Gasteiger partial charge on any atom is -0.357 e. The van der Waals surface area contributed by atoms with E-state index in [1.807, 2.05) is 31.3 Å². The predicted octanol–water partition coefficient (Wildman–Crippen LogP) is 0.643. The fraction of sp³-hybridized carbons (Fsp3) is 0.733. The number of sulfonamides is 1. The summed E-state index contributed by atoms with van der Waals surface area (Å²) >= 11 is 3.38. The van der Waals surface area contributed by atoms with E-state index in [9.17, 15) is 8.42 Å². The van der Waals surface area contributed by atoms with E-state index in [0.29, 0.717) is 38.7 Å². The zero-order valence-electron chi connectivity index (χ0n) is 15.6. The molecule has 11 heteroatoms. The molecular weight excluding hydrogens is 392 g/mol. The number of nitrogens with zero attached hydrogens (tertiary/aromatic N) is 4. The van der Waals surface area contributed by atoms with Gasteiger partial charge in [0.05, 0.1) is 18.0 Å². The van der Waals surface area contributed by atoms with Crippen LogP contribution in [-0.4, -0.2) is 81.2 Å². The quantitative estimate of drug-likeness (QED) is 0.471. The van der Waals surface area contributed by atoms with E-state index in [0.717, 1.165) is 22.3 Å². The minimum absolute atomic E-state index is 0.0730. The maximum absolute atomic E-state index is 12.4. The van der Waals surface area contributed by atoms with Crippen molar-refractivity contribution in [2.45, 2.75) is 13.5 Å². The van der Waals surface area contributed by atoms with Crippen molar-refractivity contribution in [2.24, 2.45) is 4.99 Å². The second kappa shape index (κ2) is 10.3. The van der Waals surface area contributed by atoms with E-state index >= 15 is 0 Å². The Labute approximate surface area is 164 Å². The third kappa shape index (κ3) is 6.60. The molecule has 1 aromatic rings. The molecule has 0 spiro atoms. The lowest BCUT2D eigenvalue weighted by Gasteiger charge is -2.25. The maximum atomic E-state index is 12.4. The highest BCUT2D eigenvalue weighted by Crippen LogP contribution is 2.18. The first-order valence-corrected chi connectivity index (χ1v) is 12.3. The number of guanidine groups is 1. The van der Waals surface area contributed by atoms with Crippen LogP contribution in [0.1, 0.15) is 12.6 Å². The SMILES string of the molecule is CCNC(=NCc1csc(N(C)C)n1)NCCS(=O)(=O)N1CCSCC1. The molecule has 0 aromatic carbocycles. The van der Waals surface area contributed by atoms with Crippen molar-refractivity contribution in [1.82, 2.24) is 19.9 Å². The first-order chi connectivity index (χ1) is 12.4. The summed E-state index contributed by atoms with van der Waals surface area (Å²) < 4.78 is 26.3. The zero-order valence-corrected chi connectivity index (χ0v) is 18.0. The van der Waals surface area contributed by atoms with Crippen molar-refractivity contribution >= 4 is 44.2 Å². The van der Waals surface area contributed by atoms with Crippen LogP contribution >= 0.6 is 23.1 Å². The topological polar surface area (TPSA) is 89.9 Å². The van der Waals surface area contributed by atoms with Gasteiger partial charge in [0.1, 0.15) is 0 Å². The monoisotopic (exact) mass is 420 g/mol. The van der Waals surface area contributed by atoms with Crippen molar-refractivity contribution in [1.29, 1.82) is 0 Å². The van der Waals surface area contributed by atoms with Crippen LogP contribution in [0.2, 0.25) is 0 Å². The summed E-state index contributed by atoms with van der Waals surface area (Å²) in [4.78, 5) is 11.0. The molecule has 2 heterocycles. The van der Waals surface area contributed by atoms with Crippen molar-refractivity contribution in [3.63, 3.8) is 0 Å². The number of thioether (sulfide) groups is 1. The van der Waals surface area contributed by atoms with E-state index in [-0.39, 0.29) is 5.75 Å². The van der Waals surface area contributed by atoms with Crippen LogP contribution in [0.15, 0.2) is 10.4 Å². The molecule has 0 amide bonds. The number of aliphatic imine (C=N–C) groups is 1. The molecule has 148 valence electrons. The molecule has 0 aliphatic carbocycles. The Kier molecular flexibility index (Phi) is 8.45. The van der Waals surface area contributed by atoms with Gasteiger partial charge in [0.25, 0.3) is 0 Å². The molecular formula is C15H28N6O2S3. The summed E-state index contributed by atoms with van der Waals surface area (Å²) in [6.07, 6.45) is 0.